The second-order valence-corrected chi connectivity index (χ2v) is 8.90. The quantitative estimate of drug-likeness (QED) is 0.735. The fourth-order valence-electron chi connectivity index (χ4n) is 3.25. The molecule has 3 heteroatoms. The highest BCUT2D eigenvalue weighted by molar-refractivity contribution is 8.18. The van der Waals surface area contributed by atoms with Crippen molar-refractivity contribution in [2.24, 2.45) is 0 Å². The smallest absolute Gasteiger partial charge is 0.0936 e. The highest BCUT2D eigenvalue weighted by Gasteiger charge is 2.51. The van der Waals surface area contributed by atoms with E-state index in [-0.39, 0.29) is 4.08 Å². The molecule has 2 rings (SSSR count). The standard InChI is InChI=1S/C17H26OS2/c1-3-19-17(20-4-2,16(18)12-8-9-13-16)14-15-10-6-5-7-11-15/h5-7,10-11,18H,3-4,8-9,12-14H2,1-2H3. The molecule has 0 heterocycles. The Labute approximate surface area is 131 Å². The van der Waals surface area contributed by atoms with Gasteiger partial charge in [0.15, 0.2) is 0 Å². The Morgan fingerprint density at radius 1 is 1.05 bits per heavy atom. The lowest BCUT2D eigenvalue weighted by molar-refractivity contribution is 0.0351. The van der Waals surface area contributed by atoms with Crippen molar-refractivity contribution in [3.8, 4) is 0 Å². The van der Waals surface area contributed by atoms with Crippen molar-refractivity contribution in [1.82, 2.24) is 0 Å². The van der Waals surface area contributed by atoms with E-state index in [1.807, 2.05) is 23.5 Å². The molecule has 1 aliphatic carbocycles. The van der Waals surface area contributed by atoms with Gasteiger partial charge < -0.3 is 5.11 Å². The third-order valence-electron chi connectivity index (χ3n) is 4.17. The maximum atomic E-state index is 11.3. The van der Waals surface area contributed by atoms with Gasteiger partial charge >= 0.3 is 0 Å². The van der Waals surface area contributed by atoms with E-state index in [2.05, 4.69) is 44.2 Å². The number of rotatable bonds is 7. The van der Waals surface area contributed by atoms with Crippen molar-refractivity contribution < 1.29 is 5.11 Å². The molecule has 0 amide bonds. The lowest BCUT2D eigenvalue weighted by Crippen LogP contribution is -2.49. The van der Waals surface area contributed by atoms with Crippen LogP contribution in [0.4, 0.5) is 0 Å². The number of thioether (sulfide) groups is 2. The lowest BCUT2D eigenvalue weighted by atomic mass is 9.92. The molecule has 1 saturated carbocycles. The van der Waals surface area contributed by atoms with Gasteiger partial charge in [-0.1, -0.05) is 57.0 Å². The van der Waals surface area contributed by atoms with Gasteiger partial charge in [-0.3, -0.25) is 0 Å². The Morgan fingerprint density at radius 2 is 1.60 bits per heavy atom. The van der Waals surface area contributed by atoms with Crippen LogP contribution in [0.3, 0.4) is 0 Å². The van der Waals surface area contributed by atoms with Gasteiger partial charge in [0.2, 0.25) is 0 Å². The SMILES string of the molecule is CCSC(Cc1ccccc1)(SCC)C1(O)CCCC1. The first-order chi connectivity index (χ1) is 9.66. The minimum Gasteiger partial charge on any atom is -0.388 e. The molecule has 1 aromatic rings. The Balaban J connectivity index is 2.30. The summed E-state index contributed by atoms with van der Waals surface area (Å²) in [5.74, 6) is 2.12. The molecule has 20 heavy (non-hydrogen) atoms. The number of hydrogen-bond acceptors (Lipinski definition) is 3. The molecule has 1 fully saturated rings. The molecule has 1 aromatic carbocycles. The van der Waals surface area contributed by atoms with Crippen molar-refractivity contribution >= 4 is 23.5 Å². The molecule has 0 bridgehead atoms. The second kappa shape index (κ2) is 7.24. The molecule has 112 valence electrons. The minimum absolute atomic E-state index is 0.0889. The van der Waals surface area contributed by atoms with E-state index in [0.29, 0.717) is 0 Å². The zero-order valence-electron chi connectivity index (χ0n) is 12.6. The van der Waals surface area contributed by atoms with Gasteiger partial charge in [0, 0.05) is 0 Å². The fraction of sp³-hybridized carbons (Fsp3) is 0.647. The molecule has 0 saturated heterocycles. The van der Waals surface area contributed by atoms with E-state index < -0.39 is 5.60 Å². The lowest BCUT2D eigenvalue weighted by Gasteiger charge is -2.44. The van der Waals surface area contributed by atoms with Crippen LogP contribution in [0.2, 0.25) is 0 Å². The maximum Gasteiger partial charge on any atom is 0.0936 e. The normalized spacial score (nSPS) is 18.4. The molecule has 0 aliphatic heterocycles. The van der Waals surface area contributed by atoms with Gasteiger partial charge in [-0.2, -0.15) is 0 Å². The predicted octanol–water partition coefficient (Wildman–Crippen LogP) is 4.74. The van der Waals surface area contributed by atoms with Gasteiger partial charge in [0.1, 0.15) is 0 Å². The van der Waals surface area contributed by atoms with Crippen LogP contribution in [-0.2, 0) is 6.42 Å². The topological polar surface area (TPSA) is 20.2 Å². The van der Waals surface area contributed by atoms with Crippen LogP contribution in [0.15, 0.2) is 30.3 Å². The largest absolute Gasteiger partial charge is 0.388 e. The van der Waals surface area contributed by atoms with Gasteiger partial charge in [-0.25, -0.2) is 0 Å². The summed E-state index contributed by atoms with van der Waals surface area (Å²) in [5, 5.41) is 11.3. The van der Waals surface area contributed by atoms with Gasteiger partial charge in [-0.05, 0) is 36.3 Å². The van der Waals surface area contributed by atoms with Crippen molar-refractivity contribution in [1.29, 1.82) is 0 Å². The average molecular weight is 311 g/mol. The van der Waals surface area contributed by atoms with E-state index >= 15 is 0 Å². The Kier molecular flexibility index (Phi) is 5.88. The molecule has 0 aromatic heterocycles. The molecule has 0 radical (unpaired) electrons. The average Bonchev–Trinajstić information content (AvgIpc) is 2.89. The van der Waals surface area contributed by atoms with E-state index in [4.69, 9.17) is 0 Å². The van der Waals surface area contributed by atoms with Crippen LogP contribution < -0.4 is 0 Å². The third kappa shape index (κ3) is 3.37. The third-order valence-corrected chi connectivity index (χ3v) is 7.44. The summed E-state index contributed by atoms with van der Waals surface area (Å²) in [6, 6.07) is 10.7. The van der Waals surface area contributed by atoms with Crippen molar-refractivity contribution in [2.75, 3.05) is 11.5 Å². The first-order valence-corrected chi connectivity index (χ1v) is 9.67. The van der Waals surface area contributed by atoms with Crippen LogP contribution in [0.1, 0.15) is 45.1 Å². The summed E-state index contributed by atoms with van der Waals surface area (Å²) >= 11 is 3.90. The molecular formula is C17H26OS2. The van der Waals surface area contributed by atoms with E-state index in [0.717, 1.165) is 30.8 Å². The van der Waals surface area contributed by atoms with Crippen LogP contribution in [-0.4, -0.2) is 26.3 Å². The molecule has 0 spiro atoms. The highest BCUT2D eigenvalue weighted by atomic mass is 32.2. The van der Waals surface area contributed by atoms with E-state index in [9.17, 15) is 5.11 Å². The molecule has 1 N–H and O–H groups in total. The van der Waals surface area contributed by atoms with Crippen LogP contribution in [0.25, 0.3) is 0 Å². The highest BCUT2D eigenvalue weighted by Crippen LogP contribution is 2.54. The Morgan fingerprint density at radius 3 is 2.10 bits per heavy atom. The Bertz CT molecular complexity index is 393. The first kappa shape index (κ1) is 16.3. The van der Waals surface area contributed by atoms with Crippen molar-refractivity contribution in [2.45, 2.75) is 55.6 Å². The van der Waals surface area contributed by atoms with Crippen LogP contribution in [0, 0.1) is 0 Å². The molecular weight excluding hydrogens is 284 g/mol. The van der Waals surface area contributed by atoms with Crippen LogP contribution in [0.5, 0.6) is 0 Å². The summed E-state index contributed by atoms with van der Waals surface area (Å²) in [5.41, 5.74) is 0.833. The predicted molar refractivity (Wildman–Crippen MR) is 92.6 cm³/mol. The van der Waals surface area contributed by atoms with Gasteiger partial charge in [-0.15, -0.1) is 23.5 Å². The Hall–Kier alpha value is -0.120. The van der Waals surface area contributed by atoms with E-state index in [1.54, 1.807) is 0 Å². The monoisotopic (exact) mass is 310 g/mol. The van der Waals surface area contributed by atoms with Crippen molar-refractivity contribution in [3.05, 3.63) is 35.9 Å². The summed E-state index contributed by atoms with van der Waals surface area (Å²) < 4.78 is -0.0889. The molecule has 1 aliphatic rings. The molecule has 1 nitrogen and oxygen atoms in total. The molecule has 0 atom stereocenters. The van der Waals surface area contributed by atoms with Gasteiger partial charge in [0.05, 0.1) is 9.68 Å². The van der Waals surface area contributed by atoms with Gasteiger partial charge in [0.25, 0.3) is 0 Å². The maximum absolute atomic E-state index is 11.3. The number of aliphatic hydroxyl groups is 1. The summed E-state index contributed by atoms with van der Waals surface area (Å²) in [7, 11) is 0. The van der Waals surface area contributed by atoms with Crippen LogP contribution >= 0.6 is 23.5 Å². The number of hydrogen-bond donors (Lipinski definition) is 1. The number of benzene rings is 1. The molecule has 0 unspecified atom stereocenters. The summed E-state index contributed by atoms with van der Waals surface area (Å²) in [6.45, 7) is 4.41. The zero-order valence-corrected chi connectivity index (χ0v) is 14.2. The minimum atomic E-state index is -0.510. The zero-order chi connectivity index (χ0) is 14.5. The first-order valence-electron chi connectivity index (χ1n) is 7.70. The second-order valence-electron chi connectivity index (χ2n) is 5.52. The fourth-order valence-corrected chi connectivity index (χ4v) is 6.70. The van der Waals surface area contributed by atoms with E-state index in [1.165, 1.54) is 18.4 Å². The summed E-state index contributed by atoms with van der Waals surface area (Å²) in [6.07, 6.45) is 5.21. The summed E-state index contributed by atoms with van der Waals surface area (Å²) in [4.78, 5) is 0. The van der Waals surface area contributed by atoms with Crippen molar-refractivity contribution in [3.63, 3.8) is 0 Å².